The van der Waals surface area contributed by atoms with Gasteiger partial charge in [-0.05, 0) is 48.2 Å². The summed E-state index contributed by atoms with van der Waals surface area (Å²) in [5, 5.41) is 7.15. The Morgan fingerprint density at radius 1 is 1.16 bits per heavy atom. The first kappa shape index (κ1) is 27.7. The van der Waals surface area contributed by atoms with Crippen LogP contribution in [0.5, 0.6) is 0 Å². The Morgan fingerprint density at radius 2 is 1.78 bits per heavy atom. The number of hydrogen-bond acceptors (Lipinski definition) is 4. The van der Waals surface area contributed by atoms with Crippen molar-refractivity contribution in [2.45, 2.75) is 84.2 Å². The highest BCUT2D eigenvalue weighted by Gasteiger charge is 2.37. The molecule has 0 saturated heterocycles. The summed E-state index contributed by atoms with van der Waals surface area (Å²) in [7, 11) is -0.866. The minimum absolute atomic E-state index is 0.151. The second-order valence-corrected chi connectivity index (χ2v) is 14.0. The van der Waals surface area contributed by atoms with Gasteiger partial charge in [0.05, 0.1) is 12.2 Å². The first-order chi connectivity index (χ1) is 15.1. The van der Waals surface area contributed by atoms with Crippen molar-refractivity contribution in [2.24, 2.45) is 0 Å². The molecule has 1 N–H and O–H groups in total. The molecule has 0 radical (unpaired) electrons. The number of ether oxygens (including phenoxy) is 1. The van der Waals surface area contributed by atoms with Crippen molar-refractivity contribution in [3.8, 4) is 23.7 Å². The van der Waals surface area contributed by atoms with Crippen LogP contribution in [0.3, 0.4) is 0 Å². The molecule has 5 heteroatoms. The lowest BCUT2D eigenvalue weighted by molar-refractivity contribution is -0.142. The summed E-state index contributed by atoms with van der Waals surface area (Å²) in [5.74, 6) is 12.3. The molecule has 1 aliphatic rings. The lowest BCUT2D eigenvalue weighted by atomic mass is 10.0. The van der Waals surface area contributed by atoms with Gasteiger partial charge in [0.25, 0.3) is 0 Å². The van der Waals surface area contributed by atoms with Crippen molar-refractivity contribution in [3.63, 3.8) is 0 Å². The topological polar surface area (TPSA) is 55.8 Å². The zero-order chi connectivity index (χ0) is 24.2. The Bertz CT molecular complexity index is 901. The van der Waals surface area contributed by atoms with Gasteiger partial charge in [-0.25, -0.2) is 0 Å². The van der Waals surface area contributed by atoms with Crippen molar-refractivity contribution in [3.05, 3.63) is 41.0 Å². The van der Waals surface area contributed by atoms with Crippen molar-refractivity contribution in [1.29, 1.82) is 0 Å². The molecule has 0 aliphatic heterocycles. The highest BCUT2D eigenvalue weighted by Crippen LogP contribution is 2.37. The van der Waals surface area contributed by atoms with Crippen LogP contribution in [0.1, 0.15) is 64.5 Å². The summed E-state index contributed by atoms with van der Waals surface area (Å²) in [4.78, 5) is 11.7. The zero-order valence-corrected chi connectivity index (χ0v) is 21.7. The molecule has 1 aromatic carbocycles. The quantitative estimate of drug-likeness (QED) is 0.352. The predicted molar refractivity (Wildman–Crippen MR) is 134 cm³/mol. The van der Waals surface area contributed by atoms with Crippen molar-refractivity contribution in [1.82, 2.24) is 0 Å². The van der Waals surface area contributed by atoms with Crippen LogP contribution in [0.25, 0.3) is 6.08 Å². The third-order valence-electron chi connectivity index (χ3n) is 5.65. The molecular weight excluding hydrogens is 416 g/mol. The minimum atomic E-state index is -1.87. The van der Waals surface area contributed by atoms with E-state index in [1.165, 1.54) is 6.92 Å². The summed E-state index contributed by atoms with van der Waals surface area (Å²) in [6.45, 7) is 13.2. The normalized spacial score (nSPS) is 17.6. The molecule has 0 fully saturated rings. The van der Waals surface area contributed by atoms with Gasteiger partial charge in [-0.3, -0.25) is 4.79 Å². The summed E-state index contributed by atoms with van der Waals surface area (Å²) in [5.41, 5.74) is 2.85. The van der Waals surface area contributed by atoms with Crippen LogP contribution in [0.2, 0.25) is 18.1 Å². The fourth-order valence-electron chi connectivity index (χ4n) is 2.72. The van der Waals surface area contributed by atoms with E-state index in [-0.39, 0.29) is 11.0 Å². The molecular formula is C27H38O4Si. The van der Waals surface area contributed by atoms with E-state index >= 15 is 0 Å². The standard InChI is InChI=1S/C26H34O3Si.CH4O/c1-21(27)29-25-18-12-10-8-7-9-11-16-23(25)19-22-15-13-14-17-24(22)20-28-30(5,6)26(2,3)4;1-2/h13-15,17,19,25H,7-10,20H2,1-6H3;2H,1H3. The number of aliphatic hydroxyl groups excluding tert-OH is 1. The van der Waals surface area contributed by atoms with Crippen LogP contribution < -0.4 is 0 Å². The van der Waals surface area contributed by atoms with Crippen LogP contribution in [0.15, 0.2) is 29.8 Å². The molecule has 0 bridgehead atoms. The Morgan fingerprint density at radius 3 is 2.41 bits per heavy atom. The Balaban J connectivity index is 0.00000249. The third-order valence-corrected chi connectivity index (χ3v) is 10.1. The van der Waals surface area contributed by atoms with Crippen molar-refractivity contribution < 1.29 is 19.1 Å². The second-order valence-electron chi connectivity index (χ2n) is 9.17. The summed E-state index contributed by atoms with van der Waals surface area (Å²) in [6.07, 6.45) is 5.03. The molecule has 0 amide bonds. The first-order valence-corrected chi connectivity index (χ1v) is 14.0. The van der Waals surface area contributed by atoms with Crippen LogP contribution in [-0.2, 0) is 20.6 Å². The van der Waals surface area contributed by atoms with E-state index < -0.39 is 14.4 Å². The first-order valence-electron chi connectivity index (χ1n) is 11.1. The molecule has 0 spiro atoms. The molecule has 174 valence electrons. The van der Waals surface area contributed by atoms with Gasteiger partial charge in [0.1, 0.15) is 0 Å². The fourth-order valence-corrected chi connectivity index (χ4v) is 3.67. The molecule has 0 aromatic heterocycles. The van der Waals surface area contributed by atoms with Gasteiger partial charge in [0.2, 0.25) is 0 Å². The third kappa shape index (κ3) is 9.05. The molecule has 2 rings (SSSR count). The monoisotopic (exact) mass is 454 g/mol. The van der Waals surface area contributed by atoms with Gasteiger partial charge in [-0.15, -0.1) is 0 Å². The average Bonchev–Trinajstić information content (AvgIpc) is 2.73. The smallest absolute Gasteiger partial charge is 0.304 e. The maximum absolute atomic E-state index is 11.7. The lowest BCUT2D eigenvalue weighted by Gasteiger charge is -2.36. The Hall–Kier alpha value is -2.31. The molecule has 0 saturated carbocycles. The number of aliphatic hydroxyl groups is 1. The van der Waals surface area contributed by atoms with Crippen molar-refractivity contribution >= 4 is 20.4 Å². The van der Waals surface area contributed by atoms with Gasteiger partial charge in [-0.2, -0.15) is 0 Å². The summed E-state index contributed by atoms with van der Waals surface area (Å²) < 4.78 is 11.9. The number of esters is 1. The molecule has 32 heavy (non-hydrogen) atoms. The van der Waals surface area contributed by atoms with E-state index in [0.717, 1.165) is 49.5 Å². The van der Waals surface area contributed by atoms with Gasteiger partial charge in [0, 0.05) is 26.9 Å². The number of benzene rings is 1. The van der Waals surface area contributed by atoms with E-state index in [1.54, 1.807) is 0 Å². The second kappa shape index (κ2) is 13.3. The average molecular weight is 455 g/mol. The van der Waals surface area contributed by atoms with E-state index in [4.69, 9.17) is 14.3 Å². The highest BCUT2D eigenvalue weighted by atomic mass is 28.4. The number of carbonyl (C=O) groups excluding carboxylic acids is 1. The SMILES string of the molecule is CC(=O)OC1C#CCCCCC#CC1=Cc1ccccc1CO[Si](C)(C)C(C)(C)C.CO. The van der Waals surface area contributed by atoms with Crippen LogP contribution in [0, 0.1) is 23.7 Å². The van der Waals surface area contributed by atoms with E-state index in [0.29, 0.717) is 6.61 Å². The number of carbonyl (C=O) groups is 1. The van der Waals surface area contributed by atoms with Crippen LogP contribution in [-0.4, -0.2) is 32.6 Å². The molecule has 0 heterocycles. The Kier molecular flexibility index (Phi) is 11.5. The summed E-state index contributed by atoms with van der Waals surface area (Å²) in [6, 6.07) is 8.16. The van der Waals surface area contributed by atoms with Crippen LogP contribution in [0.4, 0.5) is 0 Å². The van der Waals surface area contributed by atoms with Crippen molar-refractivity contribution in [2.75, 3.05) is 7.11 Å². The largest absolute Gasteiger partial charge is 0.444 e. The number of rotatable bonds is 5. The van der Waals surface area contributed by atoms with Gasteiger partial charge < -0.3 is 14.3 Å². The highest BCUT2D eigenvalue weighted by molar-refractivity contribution is 6.74. The maximum atomic E-state index is 11.7. The Labute approximate surface area is 195 Å². The number of hydrogen-bond donors (Lipinski definition) is 1. The predicted octanol–water partition coefficient (Wildman–Crippen LogP) is 5.71. The van der Waals surface area contributed by atoms with E-state index in [2.05, 4.69) is 69.7 Å². The van der Waals surface area contributed by atoms with E-state index in [1.807, 2.05) is 18.2 Å². The van der Waals surface area contributed by atoms with Crippen LogP contribution >= 0.6 is 0 Å². The van der Waals surface area contributed by atoms with Gasteiger partial charge >= 0.3 is 5.97 Å². The van der Waals surface area contributed by atoms with E-state index in [9.17, 15) is 4.79 Å². The molecule has 1 aromatic rings. The fraction of sp³-hybridized carbons (Fsp3) is 0.519. The molecule has 1 unspecified atom stereocenters. The summed E-state index contributed by atoms with van der Waals surface area (Å²) >= 11 is 0. The minimum Gasteiger partial charge on any atom is -0.444 e. The molecule has 1 aliphatic carbocycles. The van der Waals surface area contributed by atoms with Gasteiger partial charge in [0.15, 0.2) is 14.4 Å². The van der Waals surface area contributed by atoms with Gasteiger partial charge in [-0.1, -0.05) is 68.7 Å². The molecule has 4 nitrogen and oxygen atoms in total. The zero-order valence-electron chi connectivity index (χ0n) is 20.7. The maximum Gasteiger partial charge on any atom is 0.304 e. The molecule has 1 atom stereocenters. The lowest BCUT2D eigenvalue weighted by Crippen LogP contribution is -2.40.